The first-order chi connectivity index (χ1) is 11.0. The molecule has 1 N–H and O–H groups in total. The minimum atomic E-state index is -0.693. The second-order valence-corrected chi connectivity index (χ2v) is 5.49. The summed E-state index contributed by atoms with van der Waals surface area (Å²) in [6.07, 6.45) is 0. The fourth-order valence-corrected chi connectivity index (χ4v) is 2.55. The van der Waals surface area contributed by atoms with Crippen LogP contribution in [0.15, 0.2) is 41.3 Å². The van der Waals surface area contributed by atoms with Gasteiger partial charge in [0.1, 0.15) is 23.1 Å². The summed E-state index contributed by atoms with van der Waals surface area (Å²) in [5.74, 6) is -0.664. The Bertz CT molecular complexity index is 710. The molecule has 0 saturated carbocycles. The Morgan fingerprint density at radius 1 is 1.13 bits per heavy atom. The van der Waals surface area contributed by atoms with E-state index in [0.717, 1.165) is 23.9 Å². The van der Waals surface area contributed by atoms with Crippen LogP contribution in [0.4, 0.5) is 14.5 Å². The lowest BCUT2D eigenvalue weighted by molar-refractivity contribution is -0.113. The topological polar surface area (TPSA) is 47.6 Å². The molecule has 1 amide bonds. The van der Waals surface area contributed by atoms with E-state index in [2.05, 4.69) is 5.32 Å². The molecule has 4 nitrogen and oxygen atoms in total. The number of ether oxygens (including phenoxy) is 2. The highest BCUT2D eigenvalue weighted by atomic mass is 32.2. The quantitative estimate of drug-likeness (QED) is 0.815. The van der Waals surface area contributed by atoms with Gasteiger partial charge in [-0.2, -0.15) is 0 Å². The molecular formula is C16H15F2NO3S. The average molecular weight is 339 g/mol. The highest BCUT2D eigenvalue weighted by Gasteiger charge is 2.11. The molecule has 0 atom stereocenters. The molecule has 0 radical (unpaired) electrons. The van der Waals surface area contributed by atoms with Crippen LogP contribution < -0.4 is 14.8 Å². The van der Waals surface area contributed by atoms with Crippen LogP contribution in [0, 0.1) is 11.6 Å². The first-order valence-electron chi connectivity index (χ1n) is 6.63. The van der Waals surface area contributed by atoms with E-state index >= 15 is 0 Å². The smallest absolute Gasteiger partial charge is 0.234 e. The van der Waals surface area contributed by atoms with Crippen LogP contribution in [0.1, 0.15) is 0 Å². The molecule has 0 aromatic heterocycles. The number of methoxy groups -OCH3 is 2. The van der Waals surface area contributed by atoms with Crippen molar-refractivity contribution in [3.05, 3.63) is 48.0 Å². The Kier molecular flexibility index (Phi) is 5.81. The second-order valence-electron chi connectivity index (χ2n) is 4.48. The summed E-state index contributed by atoms with van der Waals surface area (Å²) in [6.45, 7) is 0. The first-order valence-corrected chi connectivity index (χ1v) is 7.61. The Morgan fingerprint density at radius 2 is 1.91 bits per heavy atom. The molecule has 0 aliphatic rings. The van der Waals surface area contributed by atoms with Gasteiger partial charge < -0.3 is 14.8 Å². The van der Waals surface area contributed by atoms with Gasteiger partial charge in [0.05, 0.1) is 25.7 Å². The van der Waals surface area contributed by atoms with Gasteiger partial charge in [0, 0.05) is 17.0 Å². The molecule has 0 spiro atoms. The van der Waals surface area contributed by atoms with Gasteiger partial charge in [0.2, 0.25) is 5.91 Å². The number of nitrogens with one attached hydrogen (secondary N) is 1. The van der Waals surface area contributed by atoms with Crippen molar-refractivity contribution in [1.82, 2.24) is 0 Å². The zero-order valence-corrected chi connectivity index (χ0v) is 13.4. The molecule has 0 aliphatic heterocycles. The molecule has 2 aromatic rings. The average Bonchev–Trinajstić information content (AvgIpc) is 2.54. The second kappa shape index (κ2) is 7.82. The number of carbonyl (C=O) groups is 1. The van der Waals surface area contributed by atoms with Crippen molar-refractivity contribution in [3.8, 4) is 11.5 Å². The standard InChI is InChI=1S/C16H15F2NO3S/c1-21-11-4-5-14(22-2)13(8-11)19-16(20)9-23-15-6-3-10(17)7-12(15)18/h3-8H,9H2,1-2H3,(H,19,20). The van der Waals surface area contributed by atoms with Crippen molar-refractivity contribution in [3.63, 3.8) is 0 Å². The summed E-state index contributed by atoms with van der Waals surface area (Å²) in [5.41, 5.74) is 0.456. The highest BCUT2D eigenvalue weighted by molar-refractivity contribution is 8.00. The molecule has 2 rings (SSSR count). The minimum absolute atomic E-state index is 0.0249. The maximum Gasteiger partial charge on any atom is 0.234 e. The molecular weight excluding hydrogens is 324 g/mol. The van der Waals surface area contributed by atoms with Gasteiger partial charge in [-0.3, -0.25) is 4.79 Å². The summed E-state index contributed by atoms with van der Waals surface area (Å²) in [7, 11) is 3.00. The molecule has 0 heterocycles. The number of thioether (sulfide) groups is 1. The zero-order chi connectivity index (χ0) is 16.8. The number of hydrogen-bond acceptors (Lipinski definition) is 4. The predicted octanol–water partition coefficient (Wildman–Crippen LogP) is 3.71. The summed E-state index contributed by atoms with van der Waals surface area (Å²) < 4.78 is 36.6. The monoisotopic (exact) mass is 339 g/mol. The Balaban J connectivity index is 2.02. The summed E-state index contributed by atoms with van der Waals surface area (Å²) in [5, 5.41) is 2.68. The molecule has 0 bridgehead atoms. The minimum Gasteiger partial charge on any atom is -0.497 e. The Hall–Kier alpha value is -2.28. The summed E-state index contributed by atoms with van der Waals surface area (Å²) in [4.78, 5) is 12.2. The number of amides is 1. The number of anilines is 1. The van der Waals surface area contributed by atoms with E-state index in [0.29, 0.717) is 17.2 Å². The van der Waals surface area contributed by atoms with Crippen LogP contribution >= 0.6 is 11.8 Å². The molecule has 122 valence electrons. The van der Waals surface area contributed by atoms with Crippen molar-refractivity contribution < 1.29 is 23.0 Å². The fraction of sp³-hybridized carbons (Fsp3) is 0.188. The Labute approximate surface area is 136 Å². The lowest BCUT2D eigenvalue weighted by Gasteiger charge is -2.11. The predicted molar refractivity (Wildman–Crippen MR) is 85.3 cm³/mol. The van der Waals surface area contributed by atoms with Crippen LogP contribution in [0.25, 0.3) is 0 Å². The van der Waals surface area contributed by atoms with Crippen LogP contribution in [0.3, 0.4) is 0 Å². The molecule has 2 aromatic carbocycles. The Morgan fingerprint density at radius 3 is 2.57 bits per heavy atom. The van der Waals surface area contributed by atoms with Gasteiger partial charge in [-0.1, -0.05) is 0 Å². The van der Waals surface area contributed by atoms with E-state index < -0.39 is 11.6 Å². The van der Waals surface area contributed by atoms with Crippen molar-refractivity contribution in [1.29, 1.82) is 0 Å². The molecule has 0 saturated heterocycles. The van der Waals surface area contributed by atoms with Crippen LogP contribution in [0.5, 0.6) is 11.5 Å². The third kappa shape index (κ3) is 4.59. The molecule has 0 unspecified atom stereocenters. The zero-order valence-electron chi connectivity index (χ0n) is 12.6. The number of rotatable bonds is 6. The molecule has 7 heteroatoms. The van der Waals surface area contributed by atoms with E-state index in [4.69, 9.17) is 9.47 Å². The highest BCUT2D eigenvalue weighted by Crippen LogP contribution is 2.29. The van der Waals surface area contributed by atoms with Crippen molar-refractivity contribution >= 4 is 23.4 Å². The van der Waals surface area contributed by atoms with Crippen molar-refractivity contribution in [2.45, 2.75) is 4.90 Å². The first kappa shape index (κ1) is 17.1. The lowest BCUT2D eigenvalue weighted by atomic mass is 10.2. The van der Waals surface area contributed by atoms with Gasteiger partial charge in [0.25, 0.3) is 0 Å². The van der Waals surface area contributed by atoms with Crippen molar-refractivity contribution in [2.75, 3.05) is 25.3 Å². The SMILES string of the molecule is COc1ccc(OC)c(NC(=O)CSc2ccc(F)cc2F)c1. The fourth-order valence-electron chi connectivity index (χ4n) is 1.83. The van der Waals surface area contributed by atoms with Crippen molar-refractivity contribution in [2.24, 2.45) is 0 Å². The molecule has 0 fully saturated rings. The van der Waals surface area contributed by atoms with Gasteiger partial charge in [-0.15, -0.1) is 11.8 Å². The number of carbonyl (C=O) groups excluding carboxylic acids is 1. The maximum absolute atomic E-state index is 13.5. The van der Waals surface area contributed by atoms with E-state index in [1.807, 2.05) is 0 Å². The third-order valence-electron chi connectivity index (χ3n) is 2.93. The van der Waals surface area contributed by atoms with E-state index in [9.17, 15) is 13.6 Å². The normalized spacial score (nSPS) is 10.3. The number of hydrogen-bond donors (Lipinski definition) is 1. The number of benzene rings is 2. The lowest BCUT2D eigenvalue weighted by Crippen LogP contribution is -2.15. The van der Waals surface area contributed by atoms with E-state index in [1.54, 1.807) is 18.2 Å². The van der Waals surface area contributed by atoms with Gasteiger partial charge in [-0.25, -0.2) is 8.78 Å². The van der Waals surface area contributed by atoms with Gasteiger partial charge in [0.15, 0.2) is 0 Å². The molecule has 0 aliphatic carbocycles. The molecule has 23 heavy (non-hydrogen) atoms. The summed E-state index contributed by atoms with van der Waals surface area (Å²) >= 11 is 0.981. The van der Waals surface area contributed by atoms with E-state index in [1.165, 1.54) is 20.3 Å². The third-order valence-corrected chi connectivity index (χ3v) is 3.98. The number of halogens is 2. The summed E-state index contributed by atoms with van der Waals surface area (Å²) in [6, 6.07) is 8.23. The van der Waals surface area contributed by atoms with Gasteiger partial charge in [-0.05, 0) is 24.3 Å². The van der Waals surface area contributed by atoms with Crippen LogP contribution in [-0.4, -0.2) is 25.9 Å². The van der Waals surface area contributed by atoms with Gasteiger partial charge >= 0.3 is 0 Å². The van der Waals surface area contributed by atoms with Crippen LogP contribution in [0.2, 0.25) is 0 Å². The largest absolute Gasteiger partial charge is 0.497 e. The maximum atomic E-state index is 13.5. The van der Waals surface area contributed by atoms with E-state index in [-0.39, 0.29) is 16.6 Å². The van der Waals surface area contributed by atoms with Crippen LogP contribution in [-0.2, 0) is 4.79 Å².